The van der Waals surface area contributed by atoms with Crippen molar-refractivity contribution in [3.8, 4) is 0 Å². The van der Waals surface area contributed by atoms with Gasteiger partial charge in [0.05, 0.1) is 24.7 Å². The molecule has 1 fully saturated rings. The van der Waals surface area contributed by atoms with Crippen LogP contribution in [0.5, 0.6) is 0 Å². The largest absolute Gasteiger partial charge is 0.458 e. The standard InChI is InChI=1S/C22H28O8/c1-12-5-6-17(28-15(4)25)13(2)10-19-20(14(3)21(26)29-19)18(9-12)30-22(27)16(11-24)7-8-23/h5,7,10,17-20,23-24H,3,6,8-9,11H2,1-2,4H3. The maximum absolute atomic E-state index is 12.5. The zero-order valence-electron chi connectivity index (χ0n) is 17.4. The van der Waals surface area contributed by atoms with E-state index in [1.165, 1.54) is 13.0 Å². The van der Waals surface area contributed by atoms with Gasteiger partial charge in [-0.25, -0.2) is 9.59 Å². The minimum Gasteiger partial charge on any atom is -0.458 e. The van der Waals surface area contributed by atoms with Gasteiger partial charge in [-0.15, -0.1) is 0 Å². The predicted octanol–water partition coefficient (Wildman–Crippen LogP) is 1.53. The molecule has 0 spiro atoms. The summed E-state index contributed by atoms with van der Waals surface area (Å²) in [6, 6.07) is 0. The average Bonchev–Trinajstić information content (AvgIpc) is 2.94. The first-order valence-electron chi connectivity index (χ1n) is 9.70. The molecule has 1 aliphatic heterocycles. The van der Waals surface area contributed by atoms with Crippen molar-refractivity contribution >= 4 is 17.9 Å². The molecule has 4 atom stereocenters. The Hall–Kier alpha value is -2.71. The van der Waals surface area contributed by atoms with Crippen molar-refractivity contribution in [3.05, 3.63) is 47.1 Å². The topological polar surface area (TPSA) is 119 Å². The number of hydrogen-bond acceptors (Lipinski definition) is 8. The van der Waals surface area contributed by atoms with Gasteiger partial charge < -0.3 is 24.4 Å². The molecule has 1 aliphatic carbocycles. The Morgan fingerprint density at radius 1 is 1.30 bits per heavy atom. The number of ether oxygens (including phenoxy) is 3. The van der Waals surface area contributed by atoms with Crippen LogP contribution in [-0.4, -0.2) is 59.6 Å². The molecule has 1 heterocycles. The second-order valence-electron chi connectivity index (χ2n) is 7.43. The Bertz CT molecular complexity index is 804. The van der Waals surface area contributed by atoms with Crippen molar-refractivity contribution in [2.75, 3.05) is 13.2 Å². The maximum Gasteiger partial charge on any atom is 0.336 e. The van der Waals surface area contributed by atoms with E-state index in [-0.39, 0.29) is 11.1 Å². The van der Waals surface area contributed by atoms with Crippen LogP contribution in [0.1, 0.15) is 33.6 Å². The highest BCUT2D eigenvalue weighted by Gasteiger charge is 2.45. The van der Waals surface area contributed by atoms with E-state index in [0.717, 1.165) is 5.57 Å². The third-order valence-corrected chi connectivity index (χ3v) is 5.14. The van der Waals surface area contributed by atoms with Crippen LogP contribution >= 0.6 is 0 Å². The van der Waals surface area contributed by atoms with Gasteiger partial charge in [-0.3, -0.25) is 4.79 Å². The van der Waals surface area contributed by atoms with Gasteiger partial charge in [-0.05, 0) is 31.6 Å². The second kappa shape index (κ2) is 10.4. The van der Waals surface area contributed by atoms with Crippen LogP contribution in [0.2, 0.25) is 0 Å². The van der Waals surface area contributed by atoms with Crippen LogP contribution in [0.15, 0.2) is 47.1 Å². The van der Waals surface area contributed by atoms with E-state index in [1.807, 2.05) is 13.0 Å². The lowest BCUT2D eigenvalue weighted by Crippen LogP contribution is -2.34. The molecular formula is C22H28O8. The van der Waals surface area contributed by atoms with E-state index in [4.69, 9.17) is 19.3 Å². The van der Waals surface area contributed by atoms with Gasteiger partial charge >= 0.3 is 17.9 Å². The van der Waals surface area contributed by atoms with E-state index in [2.05, 4.69) is 6.58 Å². The first-order chi connectivity index (χ1) is 14.2. The normalized spacial score (nSPS) is 27.4. The van der Waals surface area contributed by atoms with Crippen LogP contribution < -0.4 is 0 Å². The predicted molar refractivity (Wildman–Crippen MR) is 107 cm³/mol. The molecule has 2 N–H and O–H groups in total. The second-order valence-corrected chi connectivity index (χ2v) is 7.43. The third kappa shape index (κ3) is 5.67. The highest BCUT2D eigenvalue weighted by Crippen LogP contribution is 2.36. The van der Waals surface area contributed by atoms with Crippen LogP contribution in [0.3, 0.4) is 0 Å². The molecule has 2 rings (SSSR count). The molecule has 0 amide bonds. The van der Waals surface area contributed by atoms with E-state index in [1.54, 1.807) is 13.0 Å². The van der Waals surface area contributed by atoms with Crippen molar-refractivity contribution in [1.82, 2.24) is 0 Å². The van der Waals surface area contributed by atoms with E-state index < -0.39 is 55.4 Å². The average molecular weight is 420 g/mol. The number of esters is 3. The number of hydrogen-bond donors (Lipinski definition) is 2. The molecule has 0 aromatic rings. The molecule has 2 aliphatic rings. The SMILES string of the molecule is C=C1C(=O)OC2C=C(C)C(OC(C)=O)CC=C(C)CC(OC(=O)C(=CCO)CO)C12. The smallest absolute Gasteiger partial charge is 0.336 e. The molecule has 0 aromatic carbocycles. The maximum atomic E-state index is 12.5. The van der Waals surface area contributed by atoms with Gasteiger partial charge in [0.25, 0.3) is 0 Å². The van der Waals surface area contributed by atoms with Gasteiger partial charge in [0.1, 0.15) is 18.3 Å². The molecular weight excluding hydrogens is 392 g/mol. The van der Waals surface area contributed by atoms with Gasteiger partial charge in [0, 0.05) is 25.3 Å². The van der Waals surface area contributed by atoms with Gasteiger partial charge in [-0.1, -0.05) is 18.2 Å². The van der Waals surface area contributed by atoms with E-state index in [9.17, 15) is 19.5 Å². The monoisotopic (exact) mass is 420 g/mol. The lowest BCUT2D eigenvalue weighted by atomic mass is 9.85. The van der Waals surface area contributed by atoms with Crippen molar-refractivity contribution in [2.24, 2.45) is 5.92 Å². The summed E-state index contributed by atoms with van der Waals surface area (Å²) in [7, 11) is 0. The quantitative estimate of drug-likeness (QED) is 0.297. The van der Waals surface area contributed by atoms with Crippen LogP contribution in [0.25, 0.3) is 0 Å². The Morgan fingerprint density at radius 2 is 2.00 bits per heavy atom. The molecule has 0 radical (unpaired) electrons. The summed E-state index contributed by atoms with van der Waals surface area (Å²) in [6.45, 7) is 7.76. The Kier molecular flexibility index (Phi) is 8.14. The number of carbonyl (C=O) groups excluding carboxylic acids is 3. The van der Waals surface area contributed by atoms with Crippen LogP contribution in [0, 0.1) is 5.92 Å². The lowest BCUT2D eigenvalue weighted by Gasteiger charge is -2.28. The van der Waals surface area contributed by atoms with Crippen LogP contribution in [-0.2, 0) is 28.6 Å². The minimum absolute atomic E-state index is 0.0784. The molecule has 30 heavy (non-hydrogen) atoms. The van der Waals surface area contributed by atoms with Crippen molar-refractivity contribution in [2.45, 2.75) is 51.9 Å². The molecule has 8 heteroatoms. The van der Waals surface area contributed by atoms with Gasteiger partial charge in [-0.2, -0.15) is 0 Å². The third-order valence-electron chi connectivity index (χ3n) is 5.14. The zero-order valence-corrected chi connectivity index (χ0v) is 17.4. The van der Waals surface area contributed by atoms with Crippen LogP contribution in [0.4, 0.5) is 0 Å². The minimum atomic E-state index is -0.786. The fourth-order valence-electron chi connectivity index (χ4n) is 3.56. The zero-order chi connectivity index (χ0) is 22.4. The molecule has 0 aromatic heterocycles. The first-order valence-corrected chi connectivity index (χ1v) is 9.70. The lowest BCUT2D eigenvalue weighted by molar-refractivity contribution is -0.148. The van der Waals surface area contributed by atoms with Gasteiger partial charge in [0.2, 0.25) is 0 Å². The van der Waals surface area contributed by atoms with E-state index >= 15 is 0 Å². The van der Waals surface area contributed by atoms with Crippen molar-refractivity contribution in [3.63, 3.8) is 0 Å². The summed E-state index contributed by atoms with van der Waals surface area (Å²) in [5.41, 5.74) is 1.67. The molecule has 1 saturated heterocycles. The number of fused-ring (bicyclic) bond motifs is 1. The highest BCUT2D eigenvalue weighted by atomic mass is 16.6. The molecule has 4 unspecified atom stereocenters. The van der Waals surface area contributed by atoms with Crippen molar-refractivity contribution < 1.29 is 38.8 Å². The molecule has 0 saturated carbocycles. The summed E-state index contributed by atoms with van der Waals surface area (Å²) in [5.74, 6) is -2.44. The fourth-order valence-corrected chi connectivity index (χ4v) is 3.56. The summed E-state index contributed by atoms with van der Waals surface area (Å²) in [5, 5.41) is 18.4. The first kappa shape index (κ1) is 23.6. The number of rotatable bonds is 5. The Labute approximate surface area is 175 Å². The summed E-state index contributed by atoms with van der Waals surface area (Å²) in [6.07, 6.45) is 3.45. The molecule has 0 bridgehead atoms. The van der Waals surface area contributed by atoms with Crippen molar-refractivity contribution in [1.29, 1.82) is 0 Å². The Balaban J connectivity index is 2.42. The number of carbonyl (C=O) groups is 3. The summed E-state index contributed by atoms with van der Waals surface area (Å²) in [4.78, 5) is 36.2. The number of aliphatic hydroxyl groups excluding tert-OH is 2. The summed E-state index contributed by atoms with van der Waals surface area (Å²) < 4.78 is 16.5. The fraction of sp³-hybridized carbons (Fsp3) is 0.500. The Morgan fingerprint density at radius 3 is 2.60 bits per heavy atom. The molecule has 8 nitrogen and oxygen atoms in total. The molecule has 164 valence electrons. The van der Waals surface area contributed by atoms with Gasteiger partial charge in [0.15, 0.2) is 0 Å². The number of aliphatic hydroxyl groups is 2. The van der Waals surface area contributed by atoms with E-state index in [0.29, 0.717) is 18.4 Å². The highest BCUT2D eigenvalue weighted by molar-refractivity contribution is 5.92. The summed E-state index contributed by atoms with van der Waals surface area (Å²) >= 11 is 0.